The predicted molar refractivity (Wildman–Crippen MR) is 89.0 cm³/mol. The normalized spacial score (nSPS) is 20.7. The number of rotatable bonds is 4. The molecule has 1 aliphatic rings. The van der Waals surface area contributed by atoms with Crippen LogP contribution < -0.4 is 0 Å². The van der Waals surface area contributed by atoms with E-state index in [2.05, 4.69) is 11.1 Å². The topological polar surface area (TPSA) is 53.4 Å². The minimum absolute atomic E-state index is 0.0962. The van der Waals surface area contributed by atoms with Crippen LogP contribution in [0.3, 0.4) is 0 Å². The molecule has 23 heavy (non-hydrogen) atoms. The summed E-state index contributed by atoms with van der Waals surface area (Å²) in [6.07, 6.45) is 3.95. The molecule has 3 rings (SSSR count). The Morgan fingerprint density at radius 1 is 1.26 bits per heavy atom. The van der Waals surface area contributed by atoms with Crippen molar-refractivity contribution in [2.24, 2.45) is 5.92 Å². The van der Waals surface area contributed by atoms with Crippen LogP contribution in [0.2, 0.25) is 0 Å². The molecule has 1 fully saturated rings. The number of carbonyl (C=O) groups is 1. The summed E-state index contributed by atoms with van der Waals surface area (Å²) in [6, 6.07) is 12.0. The van der Waals surface area contributed by atoms with E-state index in [1.165, 1.54) is 5.56 Å². The first-order chi connectivity index (χ1) is 11.2. The number of hydrogen-bond acceptors (Lipinski definition) is 3. The Morgan fingerprint density at radius 3 is 2.74 bits per heavy atom. The third-order valence-corrected chi connectivity index (χ3v) is 4.60. The Labute approximate surface area is 136 Å². The first kappa shape index (κ1) is 15.7. The van der Waals surface area contributed by atoms with Gasteiger partial charge in [0.1, 0.15) is 0 Å². The molecule has 4 nitrogen and oxygen atoms in total. The second kappa shape index (κ2) is 6.92. The van der Waals surface area contributed by atoms with Gasteiger partial charge in [0.15, 0.2) is 0 Å². The molecule has 120 valence electrons. The van der Waals surface area contributed by atoms with Crippen LogP contribution in [0.5, 0.6) is 0 Å². The van der Waals surface area contributed by atoms with Gasteiger partial charge in [0.2, 0.25) is 5.91 Å². The zero-order chi connectivity index (χ0) is 16.2. The molecule has 2 atom stereocenters. The van der Waals surface area contributed by atoms with Crippen LogP contribution in [-0.2, 0) is 11.2 Å². The van der Waals surface area contributed by atoms with Gasteiger partial charge in [-0.1, -0.05) is 29.8 Å². The number of carbonyl (C=O) groups excluding carboxylic acids is 1. The molecule has 2 heterocycles. The van der Waals surface area contributed by atoms with E-state index in [1.807, 2.05) is 42.2 Å². The maximum atomic E-state index is 12.6. The van der Waals surface area contributed by atoms with Gasteiger partial charge in [0.25, 0.3) is 0 Å². The number of benzene rings is 1. The van der Waals surface area contributed by atoms with Crippen LogP contribution in [0.4, 0.5) is 0 Å². The number of likely N-dealkylation sites (tertiary alicyclic amines) is 1. The highest BCUT2D eigenvalue weighted by Gasteiger charge is 2.35. The van der Waals surface area contributed by atoms with Gasteiger partial charge in [-0.25, -0.2) is 0 Å². The fraction of sp³-hybridized carbons (Fsp3) is 0.368. The number of amides is 1. The lowest BCUT2D eigenvalue weighted by atomic mass is 9.90. The van der Waals surface area contributed by atoms with Crippen molar-refractivity contribution in [1.82, 2.24) is 9.88 Å². The molecule has 0 aliphatic carbocycles. The SMILES string of the molecule is Cc1cccc(CC(=O)N2C[C@@H](CO)[C@H](c3ccncc3)C2)c1. The molecule has 2 aromatic rings. The van der Waals surface area contributed by atoms with E-state index in [0.29, 0.717) is 19.5 Å². The molecule has 0 radical (unpaired) electrons. The Kier molecular flexibility index (Phi) is 4.72. The molecule has 0 unspecified atom stereocenters. The van der Waals surface area contributed by atoms with Crippen LogP contribution >= 0.6 is 0 Å². The molecular formula is C19H22N2O2. The zero-order valence-corrected chi connectivity index (χ0v) is 13.4. The number of aromatic nitrogens is 1. The van der Waals surface area contributed by atoms with Gasteiger partial charge in [-0.05, 0) is 30.2 Å². The van der Waals surface area contributed by atoms with Gasteiger partial charge in [-0.2, -0.15) is 0 Å². The zero-order valence-electron chi connectivity index (χ0n) is 13.4. The number of nitrogens with zero attached hydrogens (tertiary/aromatic N) is 2. The molecule has 1 aromatic carbocycles. The van der Waals surface area contributed by atoms with E-state index in [-0.39, 0.29) is 24.3 Å². The van der Waals surface area contributed by atoms with Gasteiger partial charge in [0, 0.05) is 43.9 Å². The van der Waals surface area contributed by atoms with Crippen molar-refractivity contribution < 1.29 is 9.90 Å². The fourth-order valence-corrected chi connectivity index (χ4v) is 3.36. The number of pyridine rings is 1. The van der Waals surface area contributed by atoms with Gasteiger partial charge in [-0.3, -0.25) is 9.78 Å². The van der Waals surface area contributed by atoms with E-state index in [4.69, 9.17) is 0 Å². The highest BCUT2D eigenvalue weighted by molar-refractivity contribution is 5.79. The van der Waals surface area contributed by atoms with Crippen molar-refractivity contribution in [3.8, 4) is 0 Å². The van der Waals surface area contributed by atoms with Crippen LogP contribution in [0.25, 0.3) is 0 Å². The summed E-state index contributed by atoms with van der Waals surface area (Å²) in [4.78, 5) is 18.5. The van der Waals surface area contributed by atoms with Crippen LogP contribution in [-0.4, -0.2) is 40.6 Å². The number of aliphatic hydroxyl groups excluding tert-OH is 1. The van der Waals surface area contributed by atoms with E-state index in [1.54, 1.807) is 12.4 Å². The Balaban J connectivity index is 1.70. The monoisotopic (exact) mass is 310 g/mol. The summed E-state index contributed by atoms with van der Waals surface area (Å²) in [5.41, 5.74) is 3.35. The standard InChI is InChI=1S/C19H22N2O2/c1-14-3-2-4-15(9-14)10-19(23)21-11-17(13-22)18(12-21)16-5-7-20-8-6-16/h2-9,17-18,22H,10-13H2,1H3/t17-,18-/m0/s1. The summed E-state index contributed by atoms with van der Waals surface area (Å²) in [5, 5.41) is 9.67. The van der Waals surface area contributed by atoms with Crippen molar-refractivity contribution in [2.45, 2.75) is 19.3 Å². The van der Waals surface area contributed by atoms with E-state index in [9.17, 15) is 9.90 Å². The first-order valence-corrected chi connectivity index (χ1v) is 8.01. The number of hydrogen-bond donors (Lipinski definition) is 1. The lowest BCUT2D eigenvalue weighted by Crippen LogP contribution is -2.30. The second-order valence-electron chi connectivity index (χ2n) is 6.29. The van der Waals surface area contributed by atoms with Crippen molar-refractivity contribution >= 4 is 5.91 Å². The molecule has 0 bridgehead atoms. The average Bonchev–Trinajstić information content (AvgIpc) is 3.00. The van der Waals surface area contributed by atoms with Crippen LogP contribution in [0.1, 0.15) is 22.6 Å². The lowest BCUT2D eigenvalue weighted by Gasteiger charge is -2.17. The maximum Gasteiger partial charge on any atom is 0.227 e. The molecule has 1 amide bonds. The number of aliphatic hydroxyl groups is 1. The minimum atomic E-state index is 0.0962. The van der Waals surface area contributed by atoms with E-state index in [0.717, 1.165) is 11.1 Å². The van der Waals surface area contributed by atoms with Crippen molar-refractivity contribution in [2.75, 3.05) is 19.7 Å². The highest BCUT2D eigenvalue weighted by Crippen LogP contribution is 2.32. The summed E-state index contributed by atoms with van der Waals surface area (Å²) >= 11 is 0. The summed E-state index contributed by atoms with van der Waals surface area (Å²) < 4.78 is 0. The lowest BCUT2D eigenvalue weighted by molar-refractivity contribution is -0.129. The second-order valence-corrected chi connectivity index (χ2v) is 6.29. The average molecular weight is 310 g/mol. The third kappa shape index (κ3) is 3.59. The molecule has 1 saturated heterocycles. The largest absolute Gasteiger partial charge is 0.396 e. The maximum absolute atomic E-state index is 12.6. The fourth-order valence-electron chi connectivity index (χ4n) is 3.36. The van der Waals surface area contributed by atoms with Gasteiger partial charge < -0.3 is 10.0 Å². The highest BCUT2D eigenvalue weighted by atomic mass is 16.3. The molecule has 1 aliphatic heterocycles. The Bertz CT molecular complexity index is 672. The summed E-state index contributed by atoms with van der Waals surface area (Å²) in [6.45, 7) is 3.42. The molecule has 1 N–H and O–H groups in total. The summed E-state index contributed by atoms with van der Waals surface area (Å²) in [5.74, 6) is 0.411. The quantitative estimate of drug-likeness (QED) is 0.941. The molecule has 1 aromatic heterocycles. The van der Waals surface area contributed by atoms with Gasteiger partial charge in [-0.15, -0.1) is 0 Å². The molecule has 4 heteroatoms. The van der Waals surface area contributed by atoms with Crippen molar-refractivity contribution in [1.29, 1.82) is 0 Å². The molecule has 0 spiro atoms. The molecule has 0 saturated carbocycles. The molecular weight excluding hydrogens is 288 g/mol. The van der Waals surface area contributed by atoms with Gasteiger partial charge >= 0.3 is 0 Å². The first-order valence-electron chi connectivity index (χ1n) is 8.01. The van der Waals surface area contributed by atoms with Gasteiger partial charge in [0.05, 0.1) is 6.42 Å². The van der Waals surface area contributed by atoms with Crippen molar-refractivity contribution in [3.63, 3.8) is 0 Å². The Morgan fingerprint density at radius 2 is 2.04 bits per heavy atom. The summed E-state index contributed by atoms with van der Waals surface area (Å²) in [7, 11) is 0. The third-order valence-electron chi connectivity index (χ3n) is 4.60. The van der Waals surface area contributed by atoms with Crippen LogP contribution in [0, 0.1) is 12.8 Å². The smallest absolute Gasteiger partial charge is 0.227 e. The van der Waals surface area contributed by atoms with Crippen LogP contribution in [0.15, 0.2) is 48.8 Å². The Hall–Kier alpha value is -2.20. The van der Waals surface area contributed by atoms with E-state index >= 15 is 0 Å². The predicted octanol–water partition coefficient (Wildman–Crippen LogP) is 2.17. The minimum Gasteiger partial charge on any atom is -0.396 e. The van der Waals surface area contributed by atoms with E-state index < -0.39 is 0 Å². The van der Waals surface area contributed by atoms with Crippen molar-refractivity contribution in [3.05, 3.63) is 65.5 Å². The number of aryl methyl sites for hydroxylation is 1.